The predicted molar refractivity (Wildman–Crippen MR) is 121 cm³/mol. The van der Waals surface area contributed by atoms with Crippen LogP contribution >= 0.6 is 0 Å². The number of benzene rings is 2. The van der Waals surface area contributed by atoms with Gasteiger partial charge in [0.2, 0.25) is 5.91 Å². The van der Waals surface area contributed by atoms with Crippen LogP contribution in [0, 0.1) is 11.6 Å². The number of hydrogen-bond acceptors (Lipinski definition) is 2. The molecular formula is C25H28F2N4O. The van der Waals surface area contributed by atoms with Gasteiger partial charge in [-0.15, -0.1) is 0 Å². The van der Waals surface area contributed by atoms with E-state index in [2.05, 4.69) is 27.3 Å². The van der Waals surface area contributed by atoms with Crippen LogP contribution in [0.4, 0.5) is 14.5 Å². The van der Waals surface area contributed by atoms with E-state index in [0.717, 1.165) is 44.1 Å². The van der Waals surface area contributed by atoms with Crippen molar-refractivity contribution in [2.45, 2.75) is 43.6 Å². The quantitative estimate of drug-likeness (QED) is 0.567. The number of nitrogens with one attached hydrogen (secondary N) is 1. The number of likely N-dealkylation sites (tertiary alicyclic amines) is 1. The monoisotopic (exact) mass is 438 g/mol. The van der Waals surface area contributed by atoms with Crippen LogP contribution in [0.2, 0.25) is 0 Å². The van der Waals surface area contributed by atoms with E-state index in [4.69, 9.17) is 0 Å². The number of carbonyl (C=O) groups is 1. The van der Waals surface area contributed by atoms with Crippen LogP contribution in [0.3, 0.4) is 0 Å². The van der Waals surface area contributed by atoms with Crippen molar-refractivity contribution in [3.63, 3.8) is 0 Å². The van der Waals surface area contributed by atoms with E-state index in [0.29, 0.717) is 18.8 Å². The minimum Gasteiger partial charge on any atom is -0.353 e. The topological polar surface area (TPSA) is 47.9 Å². The van der Waals surface area contributed by atoms with Gasteiger partial charge in [0, 0.05) is 62.2 Å². The van der Waals surface area contributed by atoms with Gasteiger partial charge in [0.25, 0.3) is 0 Å². The number of rotatable bonds is 5. The Balaban J connectivity index is 1.29. The Labute approximate surface area is 187 Å². The van der Waals surface area contributed by atoms with Crippen molar-refractivity contribution in [1.82, 2.24) is 10.2 Å². The maximum Gasteiger partial charge on any atom is 0.222 e. The molecule has 1 aliphatic carbocycles. The van der Waals surface area contributed by atoms with Gasteiger partial charge in [-0.1, -0.05) is 24.3 Å². The number of amides is 1. The third kappa shape index (κ3) is 3.85. The fourth-order valence-electron chi connectivity index (χ4n) is 5.16. The molecule has 0 radical (unpaired) electrons. The van der Waals surface area contributed by atoms with Crippen LogP contribution in [0.1, 0.15) is 48.6 Å². The van der Waals surface area contributed by atoms with E-state index in [1.807, 2.05) is 17.0 Å². The van der Waals surface area contributed by atoms with Gasteiger partial charge in [0.15, 0.2) is 5.96 Å². The summed E-state index contributed by atoms with van der Waals surface area (Å²) in [6, 6.07) is 12.3. The minimum absolute atomic E-state index is 0.0477. The standard InChI is InChI=1S/C25H28F2N4O/c1-28-25(29-21-14-18(21)24-19(26)7-4-8-20(24)27)31-15-16(17-6-2-3-9-22(17)31)11-13-30-12-5-10-23(30)32/h2-4,6-9,16,18,21H,5,10-15H2,1H3,(H,28,29). The fraction of sp³-hybridized carbons (Fsp3) is 0.440. The summed E-state index contributed by atoms with van der Waals surface area (Å²) in [5, 5.41) is 3.43. The summed E-state index contributed by atoms with van der Waals surface area (Å²) < 4.78 is 28.4. The van der Waals surface area contributed by atoms with E-state index >= 15 is 0 Å². The number of halogens is 2. The largest absolute Gasteiger partial charge is 0.353 e. The number of carbonyl (C=O) groups excluding carboxylic acids is 1. The number of para-hydroxylation sites is 1. The molecule has 7 heteroatoms. The lowest BCUT2D eigenvalue weighted by Crippen LogP contribution is -2.42. The minimum atomic E-state index is -0.489. The molecule has 1 amide bonds. The maximum atomic E-state index is 14.2. The molecular weight excluding hydrogens is 410 g/mol. The van der Waals surface area contributed by atoms with Crippen molar-refractivity contribution in [3.8, 4) is 0 Å². The van der Waals surface area contributed by atoms with Crippen LogP contribution in [0.25, 0.3) is 0 Å². The molecule has 2 heterocycles. The first-order valence-electron chi connectivity index (χ1n) is 11.4. The summed E-state index contributed by atoms with van der Waals surface area (Å²) in [5.74, 6) is 0.113. The van der Waals surface area contributed by atoms with Crippen molar-refractivity contribution in [2.75, 3.05) is 31.6 Å². The van der Waals surface area contributed by atoms with Gasteiger partial charge < -0.3 is 15.1 Å². The molecule has 1 N–H and O–H groups in total. The number of fused-ring (bicyclic) bond motifs is 1. The first-order chi connectivity index (χ1) is 15.6. The molecule has 2 aliphatic heterocycles. The Hall–Kier alpha value is -2.96. The molecule has 5 rings (SSSR count). The van der Waals surface area contributed by atoms with Crippen LogP contribution in [-0.2, 0) is 4.79 Å². The van der Waals surface area contributed by atoms with E-state index in [9.17, 15) is 13.6 Å². The Kier molecular flexibility index (Phi) is 5.57. The molecule has 1 saturated heterocycles. The zero-order valence-electron chi connectivity index (χ0n) is 18.2. The molecule has 2 aromatic carbocycles. The first-order valence-corrected chi connectivity index (χ1v) is 11.4. The second-order valence-corrected chi connectivity index (χ2v) is 8.91. The van der Waals surface area contributed by atoms with Crippen molar-refractivity contribution < 1.29 is 13.6 Å². The molecule has 0 bridgehead atoms. The number of aliphatic imine (C=N–C) groups is 1. The van der Waals surface area contributed by atoms with Crippen LogP contribution in [0.5, 0.6) is 0 Å². The Morgan fingerprint density at radius 1 is 1.16 bits per heavy atom. The van der Waals surface area contributed by atoms with Crippen LogP contribution < -0.4 is 10.2 Å². The zero-order valence-corrected chi connectivity index (χ0v) is 18.2. The molecule has 2 fully saturated rings. The lowest BCUT2D eigenvalue weighted by atomic mass is 9.98. The highest BCUT2D eigenvalue weighted by molar-refractivity contribution is 5.98. The van der Waals surface area contributed by atoms with Crippen molar-refractivity contribution in [2.24, 2.45) is 4.99 Å². The average Bonchev–Trinajstić information content (AvgIpc) is 3.25. The number of anilines is 1. The second-order valence-electron chi connectivity index (χ2n) is 8.91. The lowest BCUT2D eigenvalue weighted by Gasteiger charge is -2.23. The van der Waals surface area contributed by atoms with Crippen molar-refractivity contribution in [3.05, 3.63) is 65.2 Å². The highest BCUT2D eigenvalue weighted by Gasteiger charge is 2.43. The number of guanidine groups is 1. The molecule has 3 atom stereocenters. The summed E-state index contributed by atoms with van der Waals surface area (Å²) in [7, 11) is 1.74. The normalized spacial score (nSPS) is 24.8. The van der Waals surface area contributed by atoms with Gasteiger partial charge in [-0.05, 0) is 43.0 Å². The Morgan fingerprint density at radius 3 is 2.66 bits per heavy atom. The summed E-state index contributed by atoms with van der Waals surface area (Å²) in [6.45, 7) is 2.40. The number of hydrogen-bond donors (Lipinski definition) is 1. The molecule has 3 unspecified atom stereocenters. The van der Waals surface area contributed by atoms with E-state index in [-0.39, 0.29) is 23.4 Å². The second kappa shape index (κ2) is 8.52. The van der Waals surface area contributed by atoms with Gasteiger partial charge >= 0.3 is 0 Å². The summed E-state index contributed by atoms with van der Waals surface area (Å²) in [5.41, 5.74) is 2.53. The third-order valence-corrected chi connectivity index (χ3v) is 6.93. The molecule has 168 valence electrons. The SMILES string of the molecule is CN=C(NC1CC1c1c(F)cccc1F)N1CC(CCN2CCCC2=O)c2ccccc21. The van der Waals surface area contributed by atoms with Gasteiger partial charge in [0.1, 0.15) is 11.6 Å². The lowest BCUT2D eigenvalue weighted by molar-refractivity contribution is -0.127. The van der Waals surface area contributed by atoms with Gasteiger partial charge in [-0.2, -0.15) is 0 Å². The molecule has 0 aromatic heterocycles. The van der Waals surface area contributed by atoms with E-state index in [1.165, 1.54) is 23.8 Å². The van der Waals surface area contributed by atoms with Crippen LogP contribution in [-0.4, -0.2) is 49.5 Å². The number of nitrogens with zero attached hydrogens (tertiary/aromatic N) is 3. The smallest absolute Gasteiger partial charge is 0.222 e. The highest BCUT2D eigenvalue weighted by atomic mass is 19.1. The van der Waals surface area contributed by atoms with Crippen LogP contribution in [0.15, 0.2) is 47.5 Å². The van der Waals surface area contributed by atoms with Crippen molar-refractivity contribution in [1.29, 1.82) is 0 Å². The predicted octanol–water partition coefficient (Wildman–Crippen LogP) is 4.01. The average molecular weight is 439 g/mol. The van der Waals surface area contributed by atoms with Gasteiger partial charge in [-0.25, -0.2) is 8.78 Å². The van der Waals surface area contributed by atoms with Gasteiger partial charge in [0.05, 0.1) is 0 Å². The Bertz CT molecular complexity index is 1040. The molecule has 0 spiro atoms. The zero-order chi connectivity index (χ0) is 22.2. The van der Waals surface area contributed by atoms with Gasteiger partial charge in [-0.3, -0.25) is 9.79 Å². The molecule has 5 nitrogen and oxygen atoms in total. The van der Waals surface area contributed by atoms with E-state index < -0.39 is 11.6 Å². The van der Waals surface area contributed by atoms with E-state index in [1.54, 1.807) is 7.05 Å². The third-order valence-electron chi connectivity index (χ3n) is 6.93. The molecule has 32 heavy (non-hydrogen) atoms. The first kappa shape index (κ1) is 20.9. The molecule has 1 saturated carbocycles. The molecule has 3 aliphatic rings. The maximum absolute atomic E-state index is 14.2. The highest BCUT2D eigenvalue weighted by Crippen LogP contribution is 2.44. The Morgan fingerprint density at radius 2 is 1.94 bits per heavy atom. The summed E-state index contributed by atoms with van der Waals surface area (Å²) in [4.78, 5) is 20.6. The van der Waals surface area contributed by atoms with Crippen molar-refractivity contribution >= 4 is 17.6 Å². The fourth-order valence-corrected chi connectivity index (χ4v) is 5.16. The summed E-state index contributed by atoms with van der Waals surface area (Å²) in [6.07, 6.45) is 3.19. The molecule has 2 aromatic rings. The summed E-state index contributed by atoms with van der Waals surface area (Å²) >= 11 is 0.